The van der Waals surface area contributed by atoms with Gasteiger partial charge in [0.05, 0.1) is 17.8 Å². The molecule has 1 aromatic heterocycles. The molecule has 6 nitrogen and oxygen atoms in total. The average molecular weight is 368 g/mol. The molecular weight excluding hydrogens is 356 g/mol. The van der Waals surface area contributed by atoms with Crippen molar-refractivity contribution < 1.29 is 18.3 Å². The molecule has 2 aromatic rings. The topological polar surface area (TPSA) is 88.0 Å². The molecule has 0 radical (unpaired) electrons. The summed E-state index contributed by atoms with van der Waals surface area (Å²) in [6.45, 7) is -1.45. The summed E-state index contributed by atoms with van der Waals surface area (Å²) in [4.78, 5) is 11.5. The van der Waals surface area contributed by atoms with Crippen LogP contribution in [0.3, 0.4) is 0 Å². The van der Waals surface area contributed by atoms with Gasteiger partial charge in [0.2, 0.25) is 0 Å². The van der Waals surface area contributed by atoms with Crippen LogP contribution in [-0.2, 0) is 0 Å². The number of rotatable bonds is 5. The standard InChI is InChI=1S/C16H12ClF2N3O3/c1-8-10(7-20)15(23)22-21-12(8)4-3-9-5-11(17)14(25-16(18)19)13(6-9)24-2/h3-6,16H,1-2H3,(H,22,23)/b4-3+. The molecule has 0 amide bonds. The first kappa shape index (κ1) is 18.4. The number of benzene rings is 1. The van der Waals surface area contributed by atoms with Gasteiger partial charge in [-0.05, 0) is 36.3 Å². The highest BCUT2D eigenvalue weighted by atomic mass is 35.5. The number of hydrogen-bond acceptors (Lipinski definition) is 5. The van der Waals surface area contributed by atoms with Gasteiger partial charge in [0, 0.05) is 0 Å². The molecule has 0 spiro atoms. The van der Waals surface area contributed by atoms with Crippen LogP contribution >= 0.6 is 11.6 Å². The second kappa shape index (κ2) is 7.77. The molecule has 130 valence electrons. The van der Waals surface area contributed by atoms with E-state index in [2.05, 4.69) is 14.9 Å². The Balaban J connectivity index is 2.41. The molecule has 1 aromatic carbocycles. The fraction of sp³-hybridized carbons (Fsp3) is 0.188. The van der Waals surface area contributed by atoms with Crippen molar-refractivity contribution in [2.45, 2.75) is 13.5 Å². The van der Waals surface area contributed by atoms with Crippen molar-refractivity contribution in [3.8, 4) is 17.6 Å². The smallest absolute Gasteiger partial charge is 0.387 e. The Labute approximate surface area is 146 Å². The highest BCUT2D eigenvalue weighted by Crippen LogP contribution is 2.37. The van der Waals surface area contributed by atoms with E-state index in [-0.39, 0.29) is 22.1 Å². The Hall–Kier alpha value is -2.92. The zero-order valence-electron chi connectivity index (χ0n) is 13.1. The molecule has 2 rings (SSSR count). The average Bonchev–Trinajstić information content (AvgIpc) is 2.56. The first-order chi connectivity index (χ1) is 11.9. The third-order valence-electron chi connectivity index (χ3n) is 3.27. The highest BCUT2D eigenvalue weighted by Gasteiger charge is 2.15. The molecule has 25 heavy (non-hydrogen) atoms. The van der Waals surface area contributed by atoms with Gasteiger partial charge >= 0.3 is 6.61 Å². The highest BCUT2D eigenvalue weighted by molar-refractivity contribution is 6.32. The number of hydrogen-bond donors (Lipinski definition) is 1. The van der Waals surface area contributed by atoms with Gasteiger partial charge in [-0.1, -0.05) is 17.7 Å². The molecule has 0 atom stereocenters. The zero-order chi connectivity index (χ0) is 18.6. The Morgan fingerprint density at radius 2 is 2.12 bits per heavy atom. The summed E-state index contributed by atoms with van der Waals surface area (Å²) in [5.41, 5.74) is 0.702. The molecule has 1 heterocycles. The van der Waals surface area contributed by atoms with Gasteiger partial charge in [0.25, 0.3) is 5.56 Å². The minimum atomic E-state index is -3.04. The third kappa shape index (κ3) is 4.14. The minimum absolute atomic E-state index is 0.0362. The third-order valence-corrected chi connectivity index (χ3v) is 3.55. The molecule has 0 unspecified atom stereocenters. The van der Waals surface area contributed by atoms with E-state index in [1.54, 1.807) is 19.1 Å². The van der Waals surface area contributed by atoms with Gasteiger partial charge in [0.15, 0.2) is 11.5 Å². The van der Waals surface area contributed by atoms with Gasteiger partial charge in [-0.25, -0.2) is 5.10 Å². The van der Waals surface area contributed by atoms with Gasteiger partial charge in [-0.2, -0.15) is 19.1 Å². The van der Waals surface area contributed by atoms with Gasteiger partial charge in [-0.15, -0.1) is 0 Å². The molecule has 0 fully saturated rings. The van der Waals surface area contributed by atoms with Crippen molar-refractivity contribution >= 4 is 23.8 Å². The van der Waals surface area contributed by atoms with Crippen LogP contribution in [0, 0.1) is 18.3 Å². The summed E-state index contributed by atoms with van der Waals surface area (Å²) < 4.78 is 34.2. The van der Waals surface area contributed by atoms with E-state index in [0.717, 1.165) is 0 Å². The Bertz CT molecular complexity index is 920. The van der Waals surface area contributed by atoms with E-state index < -0.39 is 12.2 Å². The number of ether oxygens (including phenoxy) is 2. The number of nitrogens with zero attached hydrogens (tertiary/aromatic N) is 2. The largest absolute Gasteiger partial charge is 0.493 e. The Morgan fingerprint density at radius 3 is 2.72 bits per heavy atom. The van der Waals surface area contributed by atoms with Gasteiger partial charge < -0.3 is 9.47 Å². The van der Waals surface area contributed by atoms with Gasteiger partial charge in [-0.3, -0.25) is 4.79 Å². The Morgan fingerprint density at radius 1 is 1.40 bits per heavy atom. The maximum Gasteiger partial charge on any atom is 0.387 e. The van der Waals surface area contributed by atoms with Crippen LogP contribution in [0.15, 0.2) is 16.9 Å². The summed E-state index contributed by atoms with van der Waals surface area (Å²) in [6.07, 6.45) is 3.13. The Kier molecular flexibility index (Phi) is 5.72. The maximum absolute atomic E-state index is 12.4. The summed E-state index contributed by atoms with van der Waals surface area (Å²) in [5.74, 6) is -0.224. The van der Waals surface area contributed by atoms with Crippen molar-refractivity contribution in [3.63, 3.8) is 0 Å². The molecule has 0 saturated heterocycles. The van der Waals surface area contributed by atoms with Gasteiger partial charge in [0.1, 0.15) is 11.6 Å². The molecule has 9 heteroatoms. The summed E-state index contributed by atoms with van der Waals surface area (Å²) in [5, 5.41) is 15.0. The summed E-state index contributed by atoms with van der Waals surface area (Å²) in [6, 6.07) is 4.67. The number of nitrogens with one attached hydrogen (secondary N) is 1. The second-order valence-corrected chi connectivity index (χ2v) is 5.20. The van der Waals surface area contributed by atoms with Crippen molar-refractivity contribution in [1.29, 1.82) is 5.26 Å². The van der Waals surface area contributed by atoms with Crippen molar-refractivity contribution in [2.75, 3.05) is 7.11 Å². The molecule has 1 N–H and O–H groups in total. The lowest BCUT2D eigenvalue weighted by Crippen LogP contribution is -2.15. The molecule has 0 bridgehead atoms. The van der Waals surface area contributed by atoms with Crippen LogP contribution in [0.2, 0.25) is 5.02 Å². The predicted molar refractivity (Wildman–Crippen MR) is 87.9 cm³/mol. The molecule has 0 aliphatic rings. The van der Waals surface area contributed by atoms with Crippen LogP contribution in [0.25, 0.3) is 12.2 Å². The monoisotopic (exact) mass is 367 g/mol. The van der Waals surface area contributed by atoms with Crippen molar-refractivity contribution in [2.24, 2.45) is 0 Å². The SMILES string of the molecule is COc1cc(/C=C/c2n[nH]c(=O)c(C#N)c2C)cc(Cl)c1OC(F)F. The zero-order valence-corrected chi connectivity index (χ0v) is 13.9. The minimum Gasteiger partial charge on any atom is -0.493 e. The van der Waals surface area contributed by atoms with Crippen LogP contribution < -0.4 is 15.0 Å². The lowest BCUT2D eigenvalue weighted by molar-refractivity contribution is -0.0511. The number of H-pyrrole nitrogens is 1. The predicted octanol–water partition coefficient (Wildman–Crippen LogP) is 3.38. The normalized spacial score (nSPS) is 10.9. The summed E-state index contributed by atoms with van der Waals surface area (Å²) >= 11 is 5.96. The van der Waals surface area contributed by atoms with E-state index in [1.165, 1.54) is 19.2 Å². The van der Waals surface area contributed by atoms with Crippen molar-refractivity contribution in [1.82, 2.24) is 10.2 Å². The molecular formula is C16H12ClF2N3O3. The first-order valence-corrected chi connectivity index (χ1v) is 7.25. The lowest BCUT2D eigenvalue weighted by Gasteiger charge is -2.12. The first-order valence-electron chi connectivity index (χ1n) is 6.87. The fourth-order valence-corrected chi connectivity index (χ4v) is 2.32. The van der Waals surface area contributed by atoms with E-state index in [9.17, 15) is 13.6 Å². The number of aromatic amines is 1. The van der Waals surface area contributed by atoms with Crippen LogP contribution in [-0.4, -0.2) is 23.9 Å². The van der Waals surface area contributed by atoms with Crippen molar-refractivity contribution in [3.05, 3.63) is 49.9 Å². The van der Waals surface area contributed by atoms with E-state index >= 15 is 0 Å². The number of aromatic nitrogens is 2. The fourth-order valence-electron chi connectivity index (χ4n) is 2.06. The number of nitriles is 1. The van der Waals surface area contributed by atoms with E-state index in [4.69, 9.17) is 21.6 Å². The maximum atomic E-state index is 12.4. The molecule has 0 saturated carbocycles. The molecule has 0 aliphatic carbocycles. The number of methoxy groups -OCH3 is 1. The van der Waals surface area contributed by atoms with Crippen LogP contribution in [0.4, 0.5) is 8.78 Å². The van der Waals surface area contributed by atoms with E-state index in [1.807, 2.05) is 6.07 Å². The second-order valence-electron chi connectivity index (χ2n) is 4.80. The lowest BCUT2D eigenvalue weighted by atomic mass is 10.1. The summed E-state index contributed by atoms with van der Waals surface area (Å²) in [7, 11) is 1.30. The molecule has 0 aliphatic heterocycles. The van der Waals surface area contributed by atoms with Crippen LogP contribution in [0.1, 0.15) is 22.4 Å². The van der Waals surface area contributed by atoms with E-state index in [0.29, 0.717) is 16.8 Å². The number of alkyl halides is 2. The quantitative estimate of drug-likeness (QED) is 0.875. The number of halogens is 3. The van der Waals surface area contributed by atoms with Crippen LogP contribution in [0.5, 0.6) is 11.5 Å².